The van der Waals surface area contributed by atoms with Crippen LogP contribution in [0.5, 0.6) is 5.75 Å². The predicted molar refractivity (Wildman–Crippen MR) is 85.3 cm³/mol. The van der Waals surface area contributed by atoms with Crippen LogP contribution in [0.3, 0.4) is 0 Å². The van der Waals surface area contributed by atoms with Gasteiger partial charge < -0.3 is 15.4 Å². The third-order valence-electron chi connectivity index (χ3n) is 2.96. The second kappa shape index (κ2) is 9.23. The Hall–Kier alpha value is -1.71. The quantitative estimate of drug-likeness (QED) is 0.595. The van der Waals surface area contributed by atoms with E-state index in [9.17, 15) is 0 Å². The fraction of sp³-hybridized carbons (Fsp3) is 0.562. The van der Waals surface area contributed by atoms with Gasteiger partial charge in [-0.25, -0.2) is 0 Å². The standard InChI is InChI=1S/C16H27N3O/c1-5-20-15-9-7-6-8-14(15)12-19-16(17-4)18-11-10-13(2)3/h6-9,13H,5,10-12H2,1-4H3,(H2,17,18,19). The Bertz CT molecular complexity index is 416. The first-order valence-corrected chi connectivity index (χ1v) is 7.32. The van der Waals surface area contributed by atoms with Gasteiger partial charge in [0.2, 0.25) is 0 Å². The minimum atomic E-state index is 0.679. The van der Waals surface area contributed by atoms with Crippen molar-refractivity contribution in [3.8, 4) is 5.75 Å². The molecule has 0 aromatic heterocycles. The summed E-state index contributed by atoms with van der Waals surface area (Å²) in [7, 11) is 1.79. The Morgan fingerprint density at radius 2 is 2.00 bits per heavy atom. The van der Waals surface area contributed by atoms with Gasteiger partial charge in [-0.3, -0.25) is 4.99 Å². The van der Waals surface area contributed by atoms with E-state index in [0.717, 1.165) is 30.2 Å². The van der Waals surface area contributed by atoms with E-state index < -0.39 is 0 Å². The van der Waals surface area contributed by atoms with Gasteiger partial charge in [-0.2, -0.15) is 0 Å². The van der Waals surface area contributed by atoms with Crippen molar-refractivity contribution in [3.63, 3.8) is 0 Å². The molecular weight excluding hydrogens is 250 g/mol. The summed E-state index contributed by atoms with van der Waals surface area (Å²) in [5.74, 6) is 2.45. The average Bonchev–Trinajstić information content (AvgIpc) is 2.44. The second-order valence-electron chi connectivity index (χ2n) is 5.08. The van der Waals surface area contributed by atoms with Crippen molar-refractivity contribution >= 4 is 5.96 Å². The molecule has 0 aliphatic heterocycles. The molecule has 0 amide bonds. The Morgan fingerprint density at radius 3 is 2.65 bits per heavy atom. The van der Waals surface area contributed by atoms with Crippen LogP contribution in [0.2, 0.25) is 0 Å². The molecule has 0 saturated heterocycles. The summed E-state index contributed by atoms with van der Waals surface area (Å²) in [6.45, 7) is 8.75. The molecule has 4 heteroatoms. The summed E-state index contributed by atoms with van der Waals surface area (Å²) < 4.78 is 5.62. The number of para-hydroxylation sites is 1. The van der Waals surface area contributed by atoms with Crippen LogP contribution in [0.25, 0.3) is 0 Å². The summed E-state index contributed by atoms with van der Waals surface area (Å²) in [5.41, 5.74) is 1.14. The van der Waals surface area contributed by atoms with Crippen LogP contribution in [-0.2, 0) is 6.54 Å². The Kier molecular flexibility index (Phi) is 7.55. The number of aliphatic imine (C=N–C) groups is 1. The van der Waals surface area contributed by atoms with Crippen molar-refractivity contribution < 1.29 is 4.74 Å². The van der Waals surface area contributed by atoms with E-state index in [1.807, 2.05) is 25.1 Å². The van der Waals surface area contributed by atoms with Crippen molar-refractivity contribution in [1.29, 1.82) is 0 Å². The van der Waals surface area contributed by atoms with Crippen molar-refractivity contribution in [2.24, 2.45) is 10.9 Å². The maximum absolute atomic E-state index is 5.62. The Balaban J connectivity index is 2.48. The lowest BCUT2D eigenvalue weighted by atomic mass is 10.1. The van der Waals surface area contributed by atoms with Crippen LogP contribution >= 0.6 is 0 Å². The third-order valence-corrected chi connectivity index (χ3v) is 2.96. The molecule has 0 fully saturated rings. The van der Waals surface area contributed by atoms with Gasteiger partial charge in [0, 0.05) is 25.7 Å². The van der Waals surface area contributed by atoms with Gasteiger partial charge in [0.25, 0.3) is 0 Å². The van der Waals surface area contributed by atoms with E-state index in [4.69, 9.17) is 4.74 Å². The van der Waals surface area contributed by atoms with Gasteiger partial charge in [0.05, 0.1) is 6.61 Å². The molecule has 0 heterocycles. The van der Waals surface area contributed by atoms with Crippen LogP contribution in [0, 0.1) is 5.92 Å². The first kappa shape index (κ1) is 16.3. The molecule has 0 aliphatic rings. The molecule has 20 heavy (non-hydrogen) atoms. The highest BCUT2D eigenvalue weighted by molar-refractivity contribution is 5.79. The number of nitrogens with zero attached hydrogens (tertiary/aromatic N) is 1. The number of benzene rings is 1. The smallest absolute Gasteiger partial charge is 0.191 e. The molecule has 0 radical (unpaired) electrons. The topological polar surface area (TPSA) is 45.6 Å². The predicted octanol–water partition coefficient (Wildman–Crippen LogP) is 2.80. The minimum Gasteiger partial charge on any atom is -0.494 e. The highest BCUT2D eigenvalue weighted by atomic mass is 16.5. The van der Waals surface area contributed by atoms with Gasteiger partial charge in [-0.15, -0.1) is 0 Å². The molecule has 1 rings (SSSR count). The average molecular weight is 277 g/mol. The Morgan fingerprint density at radius 1 is 1.25 bits per heavy atom. The zero-order valence-electron chi connectivity index (χ0n) is 13.1. The highest BCUT2D eigenvalue weighted by Gasteiger charge is 2.04. The first-order valence-electron chi connectivity index (χ1n) is 7.32. The van der Waals surface area contributed by atoms with E-state index in [1.54, 1.807) is 7.05 Å². The molecule has 0 spiro atoms. The summed E-state index contributed by atoms with van der Waals surface area (Å²) in [6, 6.07) is 8.08. The summed E-state index contributed by atoms with van der Waals surface area (Å²) in [4.78, 5) is 4.23. The highest BCUT2D eigenvalue weighted by Crippen LogP contribution is 2.17. The van der Waals surface area contributed by atoms with Crippen LogP contribution in [0.4, 0.5) is 0 Å². The fourth-order valence-corrected chi connectivity index (χ4v) is 1.82. The first-order chi connectivity index (χ1) is 9.67. The van der Waals surface area contributed by atoms with E-state index in [2.05, 4.69) is 35.5 Å². The molecular formula is C16H27N3O. The molecule has 1 aromatic rings. The molecule has 112 valence electrons. The molecule has 1 aromatic carbocycles. The van der Waals surface area contributed by atoms with E-state index in [0.29, 0.717) is 19.1 Å². The van der Waals surface area contributed by atoms with Crippen LogP contribution in [-0.4, -0.2) is 26.2 Å². The van der Waals surface area contributed by atoms with Gasteiger partial charge in [-0.05, 0) is 25.3 Å². The van der Waals surface area contributed by atoms with Crippen LogP contribution < -0.4 is 15.4 Å². The number of rotatable bonds is 7. The normalized spacial score (nSPS) is 11.6. The van der Waals surface area contributed by atoms with Gasteiger partial charge in [-0.1, -0.05) is 32.0 Å². The number of hydrogen-bond acceptors (Lipinski definition) is 2. The Labute approximate surface area is 122 Å². The van der Waals surface area contributed by atoms with Gasteiger partial charge in [0.15, 0.2) is 5.96 Å². The van der Waals surface area contributed by atoms with E-state index in [1.165, 1.54) is 0 Å². The number of guanidine groups is 1. The number of nitrogens with one attached hydrogen (secondary N) is 2. The molecule has 0 atom stereocenters. The molecule has 0 saturated carbocycles. The molecule has 2 N–H and O–H groups in total. The molecule has 4 nitrogen and oxygen atoms in total. The van der Waals surface area contributed by atoms with Crippen LogP contribution in [0.15, 0.2) is 29.3 Å². The lowest BCUT2D eigenvalue weighted by Gasteiger charge is -2.14. The van der Waals surface area contributed by atoms with Gasteiger partial charge >= 0.3 is 0 Å². The second-order valence-corrected chi connectivity index (χ2v) is 5.08. The largest absolute Gasteiger partial charge is 0.494 e. The lowest BCUT2D eigenvalue weighted by molar-refractivity contribution is 0.336. The zero-order chi connectivity index (χ0) is 14.8. The lowest BCUT2D eigenvalue weighted by Crippen LogP contribution is -2.37. The SMILES string of the molecule is CCOc1ccccc1CNC(=NC)NCCC(C)C. The van der Waals surface area contributed by atoms with Crippen molar-refractivity contribution in [2.75, 3.05) is 20.2 Å². The third kappa shape index (κ3) is 5.95. The van der Waals surface area contributed by atoms with E-state index >= 15 is 0 Å². The minimum absolute atomic E-state index is 0.679. The number of ether oxygens (including phenoxy) is 1. The summed E-state index contributed by atoms with van der Waals surface area (Å²) in [5, 5.41) is 6.64. The number of hydrogen-bond donors (Lipinski definition) is 2. The summed E-state index contributed by atoms with van der Waals surface area (Å²) >= 11 is 0. The maximum Gasteiger partial charge on any atom is 0.191 e. The van der Waals surface area contributed by atoms with E-state index in [-0.39, 0.29) is 0 Å². The van der Waals surface area contributed by atoms with Crippen molar-refractivity contribution in [2.45, 2.75) is 33.7 Å². The van der Waals surface area contributed by atoms with Crippen molar-refractivity contribution in [3.05, 3.63) is 29.8 Å². The van der Waals surface area contributed by atoms with Crippen LogP contribution in [0.1, 0.15) is 32.8 Å². The molecule has 0 bridgehead atoms. The fourth-order valence-electron chi connectivity index (χ4n) is 1.82. The summed E-state index contributed by atoms with van der Waals surface area (Å²) in [6.07, 6.45) is 1.14. The zero-order valence-corrected chi connectivity index (χ0v) is 13.1. The molecule has 0 aliphatic carbocycles. The maximum atomic E-state index is 5.62. The molecule has 0 unspecified atom stereocenters. The van der Waals surface area contributed by atoms with Gasteiger partial charge in [0.1, 0.15) is 5.75 Å². The monoisotopic (exact) mass is 277 g/mol. The van der Waals surface area contributed by atoms with Crippen molar-refractivity contribution in [1.82, 2.24) is 10.6 Å².